The van der Waals surface area contributed by atoms with Crippen molar-refractivity contribution in [1.29, 1.82) is 0 Å². The van der Waals surface area contributed by atoms with Crippen molar-refractivity contribution in [1.82, 2.24) is 5.32 Å². The zero-order chi connectivity index (χ0) is 12.5. The Bertz CT molecular complexity index is 392. The SMILES string of the molecule is C=CC(C(=O)O)C1C(=C)C(=C)NC(=C)C1=C. The van der Waals surface area contributed by atoms with Gasteiger partial charge in [-0.2, -0.15) is 0 Å². The van der Waals surface area contributed by atoms with E-state index in [-0.39, 0.29) is 0 Å². The summed E-state index contributed by atoms with van der Waals surface area (Å²) in [5.41, 5.74) is 2.39. The number of allylic oxidation sites excluding steroid dienone is 2. The minimum Gasteiger partial charge on any atom is -0.481 e. The second kappa shape index (κ2) is 4.23. The summed E-state index contributed by atoms with van der Waals surface area (Å²) in [5.74, 6) is -2.13. The maximum atomic E-state index is 11.1. The fourth-order valence-electron chi connectivity index (χ4n) is 1.74. The highest BCUT2D eigenvalue weighted by Gasteiger charge is 2.34. The summed E-state index contributed by atoms with van der Waals surface area (Å²) in [4.78, 5) is 11.1. The highest BCUT2D eigenvalue weighted by Crippen LogP contribution is 2.37. The summed E-state index contributed by atoms with van der Waals surface area (Å²) >= 11 is 0. The molecule has 0 bridgehead atoms. The fraction of sp³-hybridized carbons (Fsp3) is 0.154. The number of carboxylic acid groups (broad SMARTS) is 1. The average Bonchev–Trinajstić information content (AvgIpc) is 2.21. The third kappa shape index (κ3) is 1.84. The molecule has 0 aliphatic carbocycles. The molecule has 3 nitrogen and oxygen atoms in total. The molecule has 0 radical (unpaired) electrons. The van der Waals surface area contributed by atoms with Gasteiger partial charge < -0.3 is 10.4 Å². The van der Waals surface area contributed by atoms with Crippen LogP contribution in [0.2, 0.25) is 0 Å². The maximum absolute atomic E-state index is 11.1. The third-order valence-corrected chi connectivity index (χ3v) is 2.73. The van der Waals surface area contributed by atoms with Gasteiger partial charge in [-0.1, -0.05) is 32.4 Å². The van der Waals surface area contributed by atoms with Gasteiger partial charge in [0, 0.05) is 17.3 Å². The number of aliphatic carboxylic acids is 1. The topological polar surface area (TPSA) is 49.3 Å². The van der Waals surface area contributed by atoms with E-state index in [9.17, 15) is 4.79 Å². The standard InChI is InChI=1S/C13H15NO2/c1-6-11(13(15)16)12-7(2)9(4)14-10(5)8(12)3/h6,11-12,14H,1-5H2,(H,15,16). The Morgan fingerprint density at radius 3 is 2.00 bits per heavy atom. The van der Waals surface area contributed by atoms with Crippen molar-refractivity contribution in [2.75, 3.05) is 0 Å². The molecule has 0 aromatic rings. The molecule has 0 spiro atoms. The zero-order valence-electron chi connectivity index (χ0n) is 9.12. The maximum Gasteiger partial charge on any atom is 0.311 e. The lowest BCUT2D eigenvalue weighted by atomic mass is 9.77. The molecule has 1 heterocycles. The molecule has 0 saturated carbocycles. The van der Waals surface area contributed by atoms with Gasteiger partial charge in [0.2, 0.25) is 0 Å². The van der Waals surface area contributed by atoms with Crippen LogP contribution in [0.5, 0.6) is 0 Å². The van der Waals surface area contributed by atoms with Crippen LogP contribution in [0.15, 0.2) is 61.5 Å². The first-order chi connectivity index (χ1) is 7.40. The van der Waals surface area contributed by atoms with Crippen molar-refractivity contribution in [3.8, 4) is 0 Å². The van der Waals surface area contributed by atoms with E-state index >= 15 is 0 Å². The molecule has 16 heavy (non-hydrogen) atoms. The molecule has 1 aliphatic rings. The van der Waals surface area contributed by atoms with Crippen LogP contribution in [0.3, 0.4) is 0 Å². The summed E-state index contributed by atoms with van der Waals surface area (Å²) in [6, 6.07) is 0. The number of hydrogen-bond acceptors (Lipinski definition) is 2. The van der Waals surface area contributed by atoms with E-state index in [1.165, 1.54) is 6.08 Å². The Morgan fingerprint density at radius 2 is 1.69 bits per heavy atom. The van der Waals surface area contributed by atoms with Gasteiger partial charge in [-0.15, -0.1) is 6.58 Å². The van der Waals surface area contributed by atoms with Gasteiger partial charge >= 0.3 is 5.97 Å². The first-order valence-corrected chi connectivity index (χ1v) is 4.78. The van der Waals surface area contributed by atoms with Gasteiger partial charge in [-0.05, 0) is 11.1 Å². The monoisotopic (exact) mass is 217 g/mol. The van der Waals surface area contributed by atoms with Crippen molar-refractivity contribution in [2.24, 2.45) is 11.8 Å². The lowest BCUT2D eigenvalue weighted by Crippen LogP contribution is -2.34. The minimum atomic E-state index is -0.954. The predicted octanol–water partition coefficient (Wildman–Crippen LogP) is 2.23. The van der Waals surface area contributed by atoms with E-state index in [1.807, 2.05) is 0 Å². The fourth-order valence-corrected chi connectivity index (χ4v) is 1.74. The smallest absolute Gasteiger partial charge is 0.311 e. The van der Waals surface area contributed by atoms with E-state index in [2.05, 4.69) is 38.2 Å². The van der Waals surface area contributed by atoms with E-state index in [0.717, 1.165) is 0 Å². The Balaban J connectivity index is 3.16. The van der Waals surface area contributed by atoms with Crippen LogP contribution in [-0.2, 0) is 4.79 Å². The van der Waals surface area contributed by atoms with Gasteiger partial charge in [-0.3, -0.25) is 4.79 Å². The third-order valence-electron chi connectivity index (χ3n) is 2.73. The van der Waals surface area contributed by atoms with Gasteiger partial charge in [0.25, 0.3) is 0 Å². The van der Waals surface area contributed by atoms with Crippen molar-refractivity contribution >= 4 is 5.97 Å². The van der Waals surface area contributed by atoms with Gasteiger partial charge in [0.15, 0.2) is 0 Å². The normalized spacial score (nSPS) is 19.2. The molecule has 1 unspecified atom stereocenters. The van der Waals surface area contributed by atoms with Crippen molar-refractivity contribution in [3.05, 3.63) is 61.5 Å². The van der Waals surface area contributed by atoms with E-state index < -0.39 is 17.8 Å². The van der Waals surface area contributed by atoms with Gasteiger partial charge in [-0.25, -0.2) is 0 Å². The van der Waals surface area contributed by atoms with Crippen molar-refractivity contribution in [3.63, 3.8) is 0 Å². The van der Waals surface area contributed by atoms with Crippen LogP contribution >= 0.6 is 0 Å². The number of carboxylic acids is 1. The molecule has 2 N–H and O–H groups in total. The average molecular weight is 217 g/mol. The first kappa shape index (κ1) is 12.0. The van der Waals surface area contributed by atoms with Crippen LogP contribution < -0.4 is 5.32 Å². The number of piperidine rings is 1. The zero-order valence-corrected chi connectivity index (χ0v) is 9.12. The molecular weight excluding hydrogens is 202 g/mol. The first-order valence-electron chi connectivity index (χ1n) is 4.78. The van der Waals surface area contributed by atoms with E-state index in [0.29, 0.717) is 22.5 Å². The Kier molecular flexibility index (Phi) is 3.18. The minimum absolute atomic E-state index is 0.420. The number of carbonyl (C=O) groups is 1. The van der Waals surface area contributed by atoms with Crippen LogP contribution in [-0.4, -0.2) is 11.1 Å². The molecule has 0 aromatic carbocycles. The summed E-state index contributed by atoms with van der Waals surface area (Å²) in [6.07, 6.45) is 1.38. The molecule has 1 aliphatic heterocycles. The number of rotatable bonds is 3. The van der Waals surface area contributed by atoms with Crippen LogP contribution in [0.1, 0.15) is 0 Å². The Labute approximate surface area is 95.2 Å². The summed E-state index contributed by atoms with van der Waals surface area (Å²) in [5, 5.41) is 12.0. The largest absolute Gasteiger partial charge is 0.481 e. The second-order valence-corrected chi connectivity index (χ2v) is 3.71. The molecule has 84 valence electrons. The predicted molar refractivity (Wildman–Crippen MR) is 64.5 cm³/mol. The number of hydrogen-bond donors (Lipinski definition) is 2. The molecule has 0 amide bonds. The summed E-state index contributed by atoms with van der Waals surface area (Å²) in [6.45, 7) is 18.7. The summed E-state index contributed by atoms with van der Waals surface area (Å²) < 4.78 is 0. The highest BCUT2D eigenvalue weighted by molar-refractivity contribution is 5.75. The lowest BCUT2D eigenvalue weighted by molar-refractivity contribution is -0.140. The van der Waals surface area contributed by atoms with Gasteiger partial charge in [0.05, 0.1) is 5.92 Å². The van der Waals surface area contributed by atoms with Crippen molar-refractivity contribution in [2.45, 2.75) is 0 Å². The lowest BCUT2D eigenvalue weighted by Gasteiger charge is -2.34. The van der Waals surface area contributed by atoms with Gasteiger partial charge in [0.1, 0.15) is 0 Å². The molecule has 1 fully saturated rings. The molecule has 3 heteroatoms. The van der Waals surface area contributed by atoms with E-state index in [1.54, 1.807) is 0 Å². The second-order valence-electron chi connectivity index (χ2n) is 3.71. The molecule has 0 aromatic heterocycles. The molecule has 1 atom stereocenters. The van der Waals surface area contributed by atoms with E-state index in [4.69, 9.17) is 5.11 Å². The number of nitrogens with one attached hydrogen (secondary N) is 1. The Morgan fingerprint density at radius 1 is 1.25 bits per heavy atom. The van der Waals surface area contributed by atoms with Crippen LogP contribution in [0.4, 0.5) is 0 Å². The molecule has 1 rings (SSSR count). The Hall–Kier alpha value is -2.03. The molecular formula is C13H15NO2. The van der Waals surface area contributed by atoms with Crippen molar-refractivity contribution < 1.29 is 9.90 Å². The van der Waals surface area contributed by atoms with Crippen LogP contribution in [0.25, 0.3) is 0 Å². The molecule has 1 saturated heterocycles. The highest BCUT2D eigenvalue weighted by atomic mass is 16.4. The summed E-state index contributed by atoms with van der Waals surface area (Å²) in [7, 11) is 0. The van der Waals surface area contributed by atoms with Crippen LogP contribution in [0, 0.1) is 11.8 Å². The quantitative estimate of drug-likeness (QED) is 0.713.